The molecule has 37 heavy (non-hydrogen) atoms. The van der Waals surface area contributed by atoms with E-state index >= 15 is 0 Å². The molecular weight excluding hydrogens is 554 g/mol. The monoisotopic (exact) mass is 585 g/mol. The Morgan fingerprint density at radius 3 is 2.84 bits per heavy atom. The number of carbonyl (C=O) groups excluding carboxylic acids is 1. The maximum absolute atomic E-state index is 12.3. The predicted octanol–water partition coefficient (Wildman–Crippen LogP) is 7.08. The van der Waals surface area contributed by atoms with Crippen LogP contribution in [0.5, 0.6) is 5.88 Å². The Hall–Kier alpha value is -2.56. The van der Waals surface area contributed by atoms with Crippen molar-refractivity contribution < 1.29 is 14.7 Å². The molecule has 1 saturated heterocycles. The molecule has 1 aliphatic heterocycles. The van der Waals surface area contributed by atoms with E-state index in [0.717, 1.165) is 33.2 Å². The van der Waals surface area contributed by atoms with Crippen LogP contribution in [0.25, 0.3) is 10.9 Å². The molecule has 3 heterocycles. The van der Waals surface area contributed by atoms with Gasteiger partial charge in [0.05, 0.1) is 22.8 Å². The lowest BCUT2D eigenvalue weighted by molar-refractivity contribution is -0.122. The number of carbonyl (C=O) groups is 1. The van der Waals surface area contributed by atoms with Gasteiger partial charge in [-0.3, -0.25) is 14.3 Å². The minimum absolute atomic E-state index is 0.00277. The Morgan fingerprint density at radius 1 is 1.27 bits per heavy atom. The van der Waals surface area contributed by atoms with E-state index in [-0.39, 0.29) is 23.6 Å². The van der Waals surface area contributed by atoms with Gasteiger partial charge in [-0.05, 0) is 66.7 Å². The molecule has 2 atom stereocenters. The SMILES string of the molecule is C/C(=N/OCC(=O)N=Nc1c(O)n(CN2C[C@@]3(C)C[C@@H]2CC(C)(C)C3)c2ccc(Br)cc12)c1cccs1. The van der Waals surface area contributed by atoms with Crippen molar-refractivity contribution in [1.82, 2.24) is 9.47 Å². The lowest BCUT2D eigenvalue weighted by atomic mass is 9.65. The summed E-state index contributed by atoms with van der Waals surface area (Å²) < 4.78 is 2.73. The van der Waals surface area contributed by atoms with Gasteiger partial charge in [0.1, 0.15) is 0 Å². The number of halogens is 1. The van der Waals surface area contributed by atoms with E-state index in [1.165, 1.54) is 12.8 Å². The van der Waals surface area contributed by atoms with E-state index in [1.807, 2.05) is 47.2 Å². The molecule has 0 spiro atoms. The van der Waals surface area contributed by atoms with Gasteiger partial charge in [-0.2, -0.15) is 0 Å². The first kappa shape index (κ1) is 26.1. The second kappa shape index (κ2) is 9.96. The molecule has 2 bridgehead atoms. The van der Waals surface area contributed by atoms with Crippen molar-refractivity contribution in [3.63, 3.8) is 0 Å². The first-order valence-electron chi connectivity index (χ1n) is 12.4. The molecule has 1 saturated carbocycles. The maximum atomic E-state index is 12.3. The zero-order chi connectivity index (χ0) is 26.4. The lowest BCUT2D eigenvalue weighted by Gasteiger charge is -2.40. The standard InChI is InChI=1S/C27H32BrN5O3S/c1-17(22-6-5-9-37-22)31-36-13-23(34)29-30-24-20-10-18(28)7-8-21(20)33(25(24)35)16-32-15-27(4)12-19(32)11-26(2,3)14-27/h5-10,19,35H,11-16H2,1-4H3/b30-29?,31-17-/t19-,27-/m0/s1. The lowest BCUT2D eigenvalue weighted by Crippen LogP contribution is -2.35. The summed E-state index contributed by atoms with van der Waals surface area (Å²) in [6, 6.07) is 10.1. The Balaban J connectivity index is 1.35. The Morgan fingerprint density at radius 2 is 2.08 bits per heavy atom. The van der Waals surface area contributed by atoms with Gasteiger partial charge in [-0.15, -0.1) is 21.6 Å². The van der Waals surface area contributed by atoms with Crippen LogP contribution in [0.15, 0.2) is 55.6 Å². The molecule has 10 heteroatoms. The van der Waals surface area contributed by atoms with Gasteiger partial charge in [-0.25, -0.2) is 0 Å². The highest BCUT2D eigenvalue weighted by atomic mass is 79.9. The molecule has 1 N–H and O–H groups in total. The van der Waals surface area contributed by atoms with Crippen molar-refractivity contribution in [3.8, 4) is 5.88 Å². The summed E-state index contributed by atoms with van der Waals surface area (Å²) in [7, 11) is 0. The first-order valence-corrected chi connectivity index (χ1v) is 14.1. The Bertz CT molecular complexity index is 1380. The van der Waals surface area contributed by atoms with Crippen molar-refractivity contribution in [2.45, 2.75) is 59.7 Å². The second-order valence-corrected chi connectivity index (χ2v) is 13.2. The van der Waals surface area contributed by atoms with E-state index < -0.39 is 5.91 Å². The molecule has 0 unspecified atom stereocenters. The van der Waals surface area contributed by atoms with Crippen molar-refractivity contribution in [2.24, 2.45) is 26.2 Å². The van der Waals surface area contributed by atoms with Crippen LogP contribution in [0.3, 0.4) is 0 Å². The van der Waals surface area contributed by atoms with Gasteiger partial charge in [0.25, 0.3) is 0 Å². The third-order valence-electron chi connectivity index (χ3n) is 7.35. The molecule has 1 aliphatic carbocycles. The highest BCUT2D eigenvalue weighted by Crippen LogP contribution is 2.53. The number of hydrogen-bond donors (Lipinski definition) is 1. The molecule has 5 rings (SSSR count). The van der Waals surface area contributed by atoms with E-state index in [9.17, 15) is 9.90 Å². The number of benzene rings is 1. The normalized spacial score (nSPS) is 23.8. The predicted molar refractivity (Wildman–Crippen MR) is 150 cm³/mol. The van der Waals surface area contributed by atoms with Crippen LogP contribution in [0.4, 0.5) is 5.69 Å². The van der Waals surface area contributed by atoms with Crippen molar-refractivity contribution >= 4 is 55.5 Å². The zero-order valence-electron chi connectivity index (χ0n) is 21.6. The van der Waals surface area contributed by atoms with Gasteiger partial charge >= 0.3 is 5.91 Å². The molecule has 3 aromatic rings. The quantitative estimate of drug-likeness (QED) is 0.182. The molecule has 196 valence electrons. The number of aromatic hydroxyl groups is 1. The highest BCUT2D eigenvalue weighted by Gasteiger charge is 2.49. The third-order valence-corrected chi connectivity index (χ3v) is 8.82. The summed E-state index contributed by atoms with van der Waals surface area (Å²) in [6.45, 7) is 10.1. The smallest absolute Gasteiger partial charge is 0.304 e. The third kappa shape index (κ3) is 5.51. The van der Waals surface area contributed by atoms with Crippen LogP contribution in [-0.2, 0) is 16.3 Å². The van der Waals surface area contributed by atoms with Crippen LogP contribution in [0, 0.1) is 10.8 Å². The number of fused-ring (bicyclic) bond motifs is 3. The summed E-state index contributed by atoms with van der Waals surface area (Å²) in [4.78, 5) is 21.0. The number of aromatic nitrogens is 1. The summed E-state index contributed by atoms with van der Waals surface area (Å²) >= 11 is 5.06. The number of amides is 1. The first-order chi connectivity index (χ1) is 17.5. The Labute approximate surface area is 229 Å². The average Bonchev–Trinajstić information content (AvgIpc) is 3.49. The number of oxime groups is 1. The van der Waals surface area contributed by atoms with Gasteiger partial charge in [0, 0.05) is 22.4 Å². The largest absolute Gasteiger partial charge is 0.493 e. The molecule has 8 nitrogen and oxygen atoms in total. The van der Waals surface area contributed by atoms with Crippen molar-refractivity contribution in [1.29, 1.82) is 0 Å². The Kier molecular flexibility index (Phi) is 7.02. The fraction of sp³-hybridized carbons (Fsp3) is 0.481. The summed E-state index contributed by atoms with van der Waals surface area (Å²) in [6.07, 6.45) is 3.53. The van der Waals surface area contributed by atoms with E-state index in [0.29, 0.717) is 23.8 Å². The van der Waals surface area contributed by atoms with Crippen molar-refractivity contribution in [3.05, 3.63) is 45.1 Å². The molecule has 1 aromatic carbocycles. The number of hydrogen-bond acceptors (Lipinski definition) is 7. The fourth-order valence-corrected chi connectivity index (χ4v) is 7.34. The summed E-state index contributed by atoms with van der Waals surface area (Å²) in [5.41, 5.74) is 2.41. The van der Waals surface area contributed by atoms with E-state index in [4.69, 9.17) is 4.84 Å². The zero-order valence-corrected chi connectivity index (χ0v) is 24.0. The van der Waals surface area contributed by atoms with E-state index in [2.05, 4.69) is 57.0 Å². The maximum Gasteiger partial charge on any atom is 0.304 e. The van der Waals surface area contributed by atoms with Crippen LogP contribution in [0.2, 0.25) is 0 Å². The highest BCUT2D eigenvalue weighted by molar-refractivity contribution is 9.10. The minimum atomic E-state index is -0.582. The van der Waals surface area contributed by atoms with E-state index in [1.54, 1.807) is 11.3 Å². The number of nitrogens with zero attached hydrogens (tertiary/aromatic N) is 5. The van der Waals surface area contributed by atoms with Crippen LogP contribution >= 0.6 is 27.3 Å². The number of thiophene rings is 1. The molecule has 2 fully saturated rings. The average molecular weight is 587 g/mol. The van der Waals surface area contributed by atoms with Gasteiger partial charge in [0.15, 0.2) is 12.3 Å². The number of rotatable bonds is 7. The second-order valence-electron chi connectivity index (χ2n) is 11.4. The van der Waals surface area contributed by atoms with Crippen LogP contribution < -0.4 is 0 Å². The van der Waals surface area contributed by atoms with Gasteiger partial charge < -0.3 is 9.94 Å². The molecule has 2 aromatic heterocycles. The topological polar surface area (TPSA) is 91.8 Å². The van der Waals surface area contributed by atoms with Crippen molar-refractivity contribution in [2.75, 3.05) is 13.2 Å². The molecule has 2 aliphatic rings. The minimum Gasteiger partial charge on any atom is -0.493 e. The fourth-order valence-electron chi connectivity index (χ4n) is 6.31. The number of azo groups is 1. The summed E-state index contributed by atoms with van der Waals surface area (Å²) in [5, 5.41) is 25.9. The van der Waals surface area contributed by atoms with Crippen LogP contribution in [0.1, 0.15) is 51.8 Å². The van der Waals surface area contributed by atoms with Crippen LogP contribution in [-0.4, -0.2) is 45.4 Å². The van der Waals surface area contributed by atoms with Gasteiger partial charge in [0.2, 0.25) is 5.88 Å². The molecule has 1 amide bonds. The number of likely N-dealkylation sites (tertiary alicyclic amines) is 1. The van der Waals surface area contributed by atoms with Gasteiger partial charge in [-0.1, -0.05) is 47.9 Å². The summed E-state index contributed by atoms with van der Waals surface area (Å²) in [5.74, 6) is -0.579. The molecule has 0 radical (unpaired) electrons. The molecular formula is C27H32BrN5O3S.